The third-order valence-electron chi connectivity index (χ3n) is 3.64. The number of thioether (sulfide) groups is 1. The monoisotopic (exact) mass is 296 g/mol. The number of halogens is 1. The number of carbonyl (C=O) groups excluding carboxylic acids is 1. The van der Waals surface area contributed by atoms with E-state index in [0.29, 0.717) is 11.5 Å². The van der Waals surface area contributed by atoms with Gasteiger partial charge in [0.15, 0.2) is 0 Å². The predicted molar refractivity (Wildman–Crippen MR) is 83.5 cm³/mol. The predicted octanol–water partition coefficient (Wildman–Crippen LogP) is 5.25. The molecule has 0 amide bonds. The number of rotatable bonds is 6. The van der Waals surface area contributed by atoms with Crippen LogP contribution in [0.1, 0.15) is 61.0 Å². The minimum atomic E-state index is -0.333. The summed E-state index contributed by atoms with van der Waals surface area (Å²) in [6.07, 6.45) is 3.58. The Balaban J connectivity index is 2.41. The van der Waals surface area contributed by atoms with Gasteiger partial charge < -0.3 is 0 Å². The minimum Gasteiger partial charge on any atom is -0.276 e. The lowest BCUT2D eigenvalue weighted by molar-refractivity contribution is 0.108. The summed E-state index contributed by atoms with van der Waals surface area (Å²) >= 11 is 7.64. The van der Waals surface area contributed by atoms with Gasteiger partial charge in [0.25, 0.3) is 5.24 Å². The molecule has 0 radical (unpaired) electrons. The summed E-state index contributed by atoms with van der Waals surface area (Å²) in [4.78, 5) is 12.9. The van der Waals surface area contributed by atoms with Gasteiger partial charge in [-0.15, -0.1) is 11.8 Å². The normalized spacial score (nSPS) is 15.0. The largest absolute Gasteiger partial charge is 0.276 e. The highest BCUT2D eigenvalue weighted by molar-refractivity contribution is 7.99. The van der Waals surface area contributed by atoms with E-state index in [1.54, 1.807) is 0 Å². The van der Waals surface area contributed by atoms with E-state index in [-0.39, 0.29) is 5.24 Å². The van der Waals surface area contributed by atoms with E-state index in [9.17, 15) is 4.79 Å². The molecule has 0 aromatic heterocycles. The summed E-state index contributed by atoms with van der Waals surface area (Å²) in [6.45, 7) is 6.51. The Kier molecular flexibility index (Phi) is 4.97. The maximum absolute atomic E-state index is 11.6. The molecule has 0 heterocycles. The number of carbonyl (C=O) groups is 1. The lowest BCUT2D eigenvalue weighted by Gasteiger charge is -2.18. The zero-order chi connectivity index (χ0) is 14.0. The molecule has 1 aromatic rings. The fourth-order valence-electron chi connectivity index (χ4n) is 2.29. The molecule has 0 atom stereocenters. The maximum atomic E-state index is 11.6. The van der Waals surface area contributed by atoms with Gasteiger partial charge in [0.05, 0.1) is 0 Å². The minimum absolute atomic E-state index is 0.333. The highest BCUT2D eigenvalue weighted by atomic mass is 35.5. The molecule has 0 bridgehead atoms. The molecule has 19 heavy (non-hydrogen) atoms. The van der Waals surface area contributed by atoms with Crippen LogP contribution in [0.5, 0.6) is 0 Å². The van der Waals surface area contributed by atoms with Crippen molar-refractivity contribution in [1.29, 1.82) is 0 Å². The van der Waals surface area contributed by atoms with E-state index in [1.807, 2.05) is 17.8 Å². The summed E-state index contributed by atoms with van der Waals surface area (Å²) in [5, 5.41) is -0.333. The Morgan fingerprint density at radius 2 is 2.11 bits per heavy atom. The van der Waals surface area contributed by atoms with Crippen LogP contribution >= 0.6 is 23.4 Å². The van der Waals surface area contributed by atoms with Crippen LogP contribution in [0.4, 0.5) is 0 Å². The van der Waals surface area contributed by atoms with Gasteiger partial charge in [-0.1, -0.05) is 26.8 Å². The van der Waals surface area contributed by atoms with Crippen LogP contribution in [0, 0.1) is 5.92 Å². The van der Waals surface area contributed by atoms with Crippen molar-refractivity contribution >= 4 is 28.6 Å². The molecule has 0 unspecified atom stereocenters. The summed E-state index contributed by atoms with van der Waals surface area (Å²) in [5.74, 6) is 2.53. The average molecular weight is 297 g/mol. The number of hydrogen-bond acceptors (Lipinski definition) is 2. The first-order valence-corrected chi connectivity index (χ1v) is 8.39. The Morgan fingerprint density at radius 3 is 2.58 bits per heavy atom. The van der Waals surface area contributed by atoms with Gasteiger partial charge >= 0.3 is 0 Å². The molecule has 0 N–H and O–H groups in total. The molecule has 0 aliphatic heterocycles. The summed E-state index contributed by atoms with van der Waals surface area (Å²) in [7, 11) is 0. The molecule has 1 fully saturated rings. The Hall–Kier alpha value is -0.470. The number of hydrogen-bond donors (Lipinski definition) is 0. The van der Waals surface area contributed by atoms with Gasteiger partial charge in [0, 0.05) is 16.2 Å². The van der Waals surface area contributed by atoms with E-state index in [2.05, 4.69) is 26.8 Å². The van der Waals surface area contributed by atoms with Crippen LogP contribution in [-0.2, 0) is 6.42 Å². The van der Waals surface area contributed by atoms with Crippen molar-refractivity contribution in [3.63, 3.8) is 0 Å². The van der Waals surface area contributed by atoms with Gasteiger partial charge in [-0.2, -0.15) is 0 Å². The SMILES string of the molecule is CCc1c(C(=O)Cl)ccc(C(C)C)c1SCC1CC1. The van der Waals surface area contributed by atoms with Crippen LogP contribution < -0.4 is 0 Å². The van der Waals surface area contributed by atoms with Crippen LogP contribution in [0.2, 0.25) is 0 Å². The van der Waals surface area contributed by atoms with Gasteiger partial charge in [-0.05, 0) is 59.9 Å². The zero-order valence-corrected chi connectivity index (χ0v) is 13.4. The molecule has 1 nitrogen and oxygen atoms in total. The van der Waals surface area contributed by atoms with E-state index < -0.39 is 0 Å². The molecule has 3 heteroatoms. The fraction of sp³-hybridized carbons (Fsp3) is 0.562. The molecule has 2 rings (SSSR count). The van der Waals surface area contributed by atoms with E-state index in [1.165, 1.54) is 29.1 Å². The number of benzene rings is 1. The average Bonchev–Trinajstić information content (AvgIpc) is 3.18. The summed E-state index contributed by atoms with van der Waals surface area (Å²) in [6, 6.07) is 3.97. The topological polar surface area (TPSA) is 17.1 Å². The first-order chi connectivity index (χ1) is 9.04. The third-order valence-corrected chi connectivity index (χ3v) is 5.25. The van der Waals surface area contributed by atoms with Crippen molar-refractivity contribution in [3.05, 3.63) is 28.8 Å². The Labute approximate surface area is 125 Å². The molecule has 1 aromatic carbocycles. The first-order valence-electron chi connectivity index (χ1n) is 7.03. The van der Waals surface area contributed by atoms with E-state index in [0.717, 1.165) is 17.9 Å². The second-order valence-electron chi connectivity index (χ2n) is 5.55. The Morgan fingerprint density at radius 1 is 1.42 bits per heavy atom. The second kappa shape index (κ2) is 6.32. The van der Waals surface area contributed by atoms with E-state index in [4.69, 9.17) is 11.6 Å². The maximum Gasteiger partial charge on any atom is 0.252 e. The standard InChI is InChI=1S/C16H21ClOS/c1-4-12-14(16(17)18)8-7-13(10(2)3)15(12)19-9-11-5-6-11/h7-8,10-11H,4-6,9H2,1-3H3. The molecule has 1 saturated carbocycles. The van der Waals surface area contributed by atoms with E-state index >= 15 is 0 Å². The Bertz CT molecular complexity index is 478. The van der Waals surface area contributed by atoms with Crippen LogP contribution in [-0.4, -0.2) is 11.0 Å². The molecule has 1 aliphatic carbocycles. The van der Waals surface area contributed by atoms with Gasteiger partial charge in [-0.3, -0.25) is 4.79 Å². The van der Waals surface area contributed by atoms with Crippen molar-refractivity contribution in [1.82, 2.24) is 0 Å². The van der Waals surface area contributed by atoms with Gasteiger partial charge in [0.1, 0.15) is 0 Å². The smallest absolute Gasteiger partial charge is 0.252 e. The summed E-state index contributed by atoms with van der Waals surface area (Å²) < 4.78 is 0. The van der Waals surface area contributed by atoms with Crippen LogP contribution in [0.15, 0.2) is 17.0 Å². The van der Waals surface area contributed by atoms with Gasteiger partial charge in [0.2, 0.25) is 0 Å². The van der Waals surface area contributed by atoms with Crippen molar-refractivity contribution in [2.75, 3.05) is 5.75 Å². The molecule has 0 spiro atoms. The van der Waals surface area contributed by atoms with Crippen LogP contribution in [0.25, 0.3) is 0 Å². The van der Waals surface area contributed by atoms with Crippen molar-refractivity contribution in [3.8, 4) is 0 Å². The highest BCUT2D eigenvalue weighted by Gasteiger charge is 2.24. The van der Waals surface area contributed by atoms with Crippen molar-refractivity contribution in [2.24, 2.45) is 5.92 Å². The molecular formula is C16H21ClOS. The highest BCUT2D eigenvalue weighted by Crippen LogP contribution is 2.40. The van der Waals surface area contributed by atoms with Crippen molar-refractivity contribution < 1.29 is 4.79 Å². The molecule has 0 saturated heterocycles. The third kappa shape index (κ3) is 3.55. The fourth-order valence-corrected chi connectivity index (χ4v) is 4.10. The lowest BCUT2D eigenvalue weighted by atomic mass is 9.96. The molecule has 1 aliphatic rings. The zero-order valence-electron chi connectivity index (χ0n) is 11.8. The quantitative estimate of drug-likeness (QED) is 0.526. The van der Waals surface area contributed by atoms with Gasteiger partial charge in [-0.25, -0.2) is 0 Å². The first kappa shape index (κ1) is 14.9. The molecular weight excluding hydrogens is 276 g/mol. The molecule has 104 valence electrons. The van der Waals surface area contributed by atoms with Crippen molar-refractivity contribution in [2.45, 2.75) is 50.8 Å². The van der Waals surface area contributed by atoms with Crippen LogP contribution in [0.3, 0.4) is 0 Å². The second-order valence-corrected chi connectivity index (χ2v) is 6.92. The summed E-state index contributed by atoms with van der Waals surface area (Å²) in [5.41, 5.74) is 3.17. The lowest BCUT2D eigenvalue weighted by Crippen LogP contribution is -2.04.